The highest BCUT2D eigenvalue weighted by molar-refractivity contribution is 6.29. The zero-order chi connectivity index (χ0) is 15.6. The molecule has 0 aromatic carbocycles. The van der Waals surface area contributed by atoms with Gasteiger partial charge in [-0.05, 0) is 44.6 Å². The first-order valence-corrected chi connectivity index (χ1v) is 8.66. The Labute approximate surface area is 140 Å². The van der Waals surface area contributed by atoms with Gasteiger partial charge in [-0.3, -0.25) is 0 Å². The summed E-state index contributed by atoms with van der Waals surface area (Å²) in [6.45, 7) is 1.57. The van der Waals surface area contributed by atoms with Crippen molar-refractivity contribution in [3.8, 4) is 11.6 Å². The normalized spacial score (nSPS) is 18.7. The molecule has 0 spiro atoms. The highest BCUT2D eigenvalue weighted by Crippen LogP contribution is 2.37. The molecule has 1 aliphatic carbocycles. The molecular formula is C17H20ClN3O2. The van der Waals surface area contributed by atoms with E-state index in [0.29, 0.717) is 16.9 Å². The number of aryl methyl sites for hydroxylation is 1. The standard InChI is InChI=1S/C17H20ClN3O2/c18-16-11-13(5-8-19-16)23-17-14-3-1-2-4-15(14)20-21(17)12-6-9-22-10-7-12/h5,8,11-12H,1-4,6-7,9-10H2. The van der Waals surface area contributed by atoms with Gasteiger partial charge in [-0.2, -0.15) is 5.10 Å². The highest BCUT2D eigenvalue weighted by atomic mass is 35.5. The molecule has 0 radical (unpaired) electrons. The summed E-state index contributed by atoms with van der Waals surface area (Å²) in [6, 6.07) is 3.93. The van der Waals surface area contributed by atoms with Crippen LogP contribution in [0.1, 0.15) is 43.0 Å². The van der Waals surface area contributed by atoms with Crippen molar-refractivity contribution >= 4 is 11.6 Å². The summed E-state index contributed by atoms with van der Waals surface area (Å²) in [4.78, 5) is 4.02. The highest BCUT2D eigenvalue weighted by Gasteiger charge is 2.27. The van der Waals surface area contributed by atoms with Crippen LogP contribution in [0, 0.1) is 0 Å². The van der Waals surface area contributed by atoms with E-state index in [1.54, 1.807) is 12.3 Å². The van der Waals surface area contributed by atoms with E-state index in [1.165, 1.54) is 24.1 Å². The zero-order valence-electron chi connectivity index (χ0n) is 13.0. The van der Waals surface area contributed by atoms with Crippen LogP contribution in [0.5, 0.6) is 11.6 Å². The molecule has 0 amide bonds. The van der Waals surface area contributed by atoms with Crippen molar-refractivity contribution in [3.63, 3.8) is 0 Å². The predicted molar refractivity (Wildman–Crippen MR) is 87.3 cm³/mol. The molecule has 0 unspecified atom stereocenters. The van der Waals surface area contributed by atoms with Crippen molar-refractivity contribution in [2.24, 2.45) is 0 Å². The summed E-state index contributed by atoms with van der Waals surface area (Å²) < 4.78 is 13.8. The van der Waals surface area contributed by atoms with Gasteiger partial charge in [0.1, 0.15) is 10.9 Å². The smallest absolute Gasteiger partial charge is 0.221 e. The second-order valence-corrected chi connectivity index (χ2v) is 6.53. The van der Waals surface area contributed by atoms with E-state index in [0.717, 1.165) is 44.8 Å². The van der Waals surface area contributed by atoms with Crippen molar-refractivity contribution in [2.75, 3.05) is 13.2 Å². The Kier molecular flexibility index (Phi) is 4.23. The first-order chi connectivity index (χ1) is 11.3. The third-order valence-electron chi connectivity index (χ3n) is 4.58. The van der Waals surface area contributed by atoms with E-state index in [4.69, 9.17) is 26.2 Å². The lowest BCUT2D eigenvalue weighted by Gasteiger charge is -2.24. The number of aromatic nitrogens is 3. The van der Waals surface area contributed by atoms with E-state index < -0.39 is 0 Å². The Morgan fingerprint density at radius 1 is 1.22 bits per heavy atom. The average molecular weight is 334 g/mol. The van der Waals surface area contributed by atoms with Crippen LogP contribution in [0.25, 0.3) is 0 Å². The van der Waals surface area contributed by atoms with E-state index in [1.807, 2.05) is 6.07 Å². The molecule has 2 aromatic rings. The van der Waals surface area contributed by atoms with E-state index >= 15 is 0 Å². The molecule has 0 saturated carbocycles. The number of pyridine rings is 1. The molecule has 3 heterocycles. The minimum Gasteiger partial charge on any atom is -0.439 e. The molecule has 0 bridgehead atoms. The predicted octanol–water partition coefficient (Wildman–Crippen LogP) is 3.95. The van der Waals surface area contributed by atoms with Crippen molar-refractivity contribution in [3.05, 3.63) is 34.7 Å². The molecule has 5 nitrogen and oxygen atoms in total. The topological polar surface area (TPSA) is 49.2 Å². The van der Waals surface area contributed by atoms with Crippen LogP contribution < -0.4 is 4.74 Å². The Morgan fingerprint density at radius 2 is 2.04 bits per heavy atom. The zero-order valence-corrected chi connectivity index (χ0v) is 13.8. The van der Waals surface area contributed by atoms with Crippen LogP contribution in [0.2, 0.25) is 5.15 Å². The third-order valence-corrected chi connectivity index (χ3v) is 4.79. The van der Waals surface area contributed by atoms with Crippen LogP contribution in [0.3, 0.4) is 0 Å². The summed E-state index contributed by atoms with van der Waals surface area (Å²) >= 11 is 5.99. The van der Waals surface area contributed by atoms with Crippen LogP contribution >= 0.6 is 11.6 Å². The van der Waals surface area contributed by atoms with E-state index in [9.17, 15) is 0 Å². The van der Waals surface area contributed by atoms with Crippen molar-refractivity contribution in [1.29, 1.82) is 0 Å². The molecule has 23 heavy (non-hydrogen) atoms. The lowest BCUT2D eigenvalue weighted by molar-refractivity contribution is 0.0641. The van der Waals surface area contributed by atoms with Gasteiger partial charge in [0.2, 0.25) is 5.88 Å². The molecular weight excluding hydrogens is 314 g/mol. The summed E-state index contributed by atoms with van der Waals surface area (Å²) in [5.41, 5.74) is 2.45. The van der Waals surface area contributed by atoms with Gasteiger partial charge in [0.25, 0.3) is 0 Å². The summed E-state index contributed by atoms with van der Waals surface area (Å²) in [5, 5.41) is 5.32. The van der Waals surface area contributed by atoms with Crippen molar-refractivity contribution in [1.82, 2.24) is 14.8 Å². The molecule has 2 aliphatic rings. The maximum absolute atomic E-state index is 6.22. The molecule has 6 heteroatoms. The summed E-state index contributed by atoms with van der Waals surface area (Å²) in [5.74, 6) is 1.60. The molecule has 1 saturated heterocycles. The van der Waals surface area contributed by atoms with Crippen LogP contribution in [0.15, 0.2) is 18.3 Å². The number of ether oxygens (including phenoxy) is 2. The second-order valence-electron chi connectivity index (χ2n) is 6.14. The van der Waals surface area contributed by atoms with Gasteiger partial charge in [0.05, 0.1) is 11.7 Å². The number of hydrogen-bond donors (Lipinski definition) is 0. The molecule has 122 valence electrons. The first-order valence-electron chi connectivity index (χ1n) is 8.28. The maximum Gasteiger partial charge on any atom is 0.221 e. The third kappa shape index (κ3) is 3.08. The van der Waals surface area contributed by atoms with Gasteiger partial charge in [0.15, 0.2) is 0 Å². The van der Waals surface area contributed by atoms with Crippen LogP contribution in [-0.4, -0.2) is 28.0 Å². The Bertz CT molecular complexity index is 695. The fraction of sp³-hybridized carbons (Fsp3) is 0.529. The number of hydrogen-bond acceptors (Lipinski definition) is 4. The molecule has 1 aliphatic heterocycles. The van der Waals surface area contributed by atoms with Gasteiger partial charge >= 0.3 is 0 Å². The lowest BCUT2D eigenvalue weighted by atomic mass is 9.98. The molecule has 1 fully saturated rings. The Balaban J connectivity index is 1.71. The number of nitrogens with zero attached hydrogens (tertiary/aromatic N) is 3. The van der Waals surface area contributed by atoms with Gasteiger partial charge in [-0.15, -0.1) is 0 Å². The SMILES string of the molecule is Clc1cc(Oc2c3c(nn2C2CCOCC2)CCCC3)ccn1. The minimum atomic E-state index is 0.349. The average Bonchev–Trinajstić information content (AvgIpc) is 2.95. The Hall–Kier alpha value is -1.59. The fourth-order valence-electron chi connectivity index (χ4n) is 3.39. The second kappa shape index (κ2) is 6.49. The van der Waals surface area contributed by atoms with Gasteiger partial charge < -0.3 is 9.47 Å². The van der Waals surface area contributed by atoms with E-state index in [-0.39, 0.29) is 0 Å². The molecule has 0 N–H and O–H groups in total. The fourth-order valence-corrected chi connectivity index (χ4v) is 3.55. The van der Waals surface area contributed by atoms with Crippen molar-refractivity contribution < 1.29 is 9.47 Å². The first kappa shape index (κ1) is 15.0. The maximum atomic E-state index is 6.22. The number of halogens is 1. The number of rotatable bonds is 3. The van der Waals surface area contributed by atoms with Gasteiger partial charge in [-0.1, -0.05) is 11.6 Å². The molecule has 2 aromatic heterocycles. The van der Waals surface area contributed by atoms with E-state index in [2.05, 4.69) is 9.67 Å². The summed E-state index contributed by atoms with van der Waals surface area (Å²) in [7, 11) is 0. The molecule has 0 atom stereocenters. The quantitative estimate of drug-likeness (QED) is 0.798. The van der Waals surface area contributed by atoms with Gasteiger partial charge in [0, 0.05) is 31.0 Å². The van der Waals surface area contributed by atoms with Crippen LogP contribution in [-0.2, 0) is 17.6 Å². The van der Waals surface area contributed by atoms with Crippen molar-refractivity contribution in [2.45, 2.75) is 44.6 Å². The Morgan fingerprint density at radius 3 is 2.87 bits per heavy atom. The van der Waals surface area contributed by atoms with Gasteiger partial charge in [-0.25, -0.2) is 9.67 Å². The lowest BCUT2D eigenvalue weighted by Crippen LogP contribution is -2.21. The largest absolute Gasteiger partial charge is 0.439 e. The monoisotopic (exact) mass is 333 g/mol. The molecule has 4 rings (SSSR count). The van der Waals surface area contributed by atoms with Crippen LogP contribution in [0.4, 0.5) is 0 Å². The minimum absolute atomic E-state index is 0.349. The summed E-state index contributed by atoms with van der Waals surface area (Å²) in [6.07, 6.45) is 8.10. The number of fused-ring (bicyclic) bond motifs is 1.